The van der Waals surface area contributed by atoms with Crippen LogP contribution in [0.2, 0.25) is 0 Å². The van der Waals surface area contributed by atoms with Gasteiger partial charge in [-0.25, -0.2) is 4.57 Å². The third kappa shape index (κ3) is 1.47. The summed E-state index contributed by atoms with van der Waals surface area (Å²) in [5.74, 6) is 0. The van der Waals surface area contributed by atoms with Crippen molar-refractivity contribution in [3.63, 3.8) is 0 Å². The molecular formula is C14H14N3+. The molecule has 2 aromatic carbocycles. The van der Waals surface area contributed by atoms with Gasteiger partial charge in [0.15, 0.2) is 6.20 Å². The van der Waals surface area contributed by atoms with Crippen molar-refractivity contribution in [3.05, 3.63) is 42.6 Å². The molecule has 0 bridgehead atoms. The molecule has 0 saturated carbocycles. The van der Waals surface area contributed by atoms with Crippen LogP contribution in [-0.4, -0.2) is 0 Å². The number of pyridine rings is 1. The summed E-state index contributed by atoms with van der Waals surface area (Å²) in [6.07, 6.45) is 2.08. The number of anilines is 2. The van der Waals surface area contributed by atoms with Crippen LogP contribution in [0.5, 0.6) is 0 Å². The zero-order chi connectivity index (χ0) is 12.0. The molecule has 0 saturated heterocycles. The quantitative estimate of drug-likeness (QED) is 0.348. The van der Waals surface area contributed by atoms with Crippen LogP contribution < -0.4 is 16.0 Å². The summed E-state index contributed by atoms with van der Waals surface area (Å²) in [6, 6.07) is 12.0. The summed E-state index contributed by atoms with van der Waals surface area (Å²) in [5.41, 5.74) is 14.3. The van der Waals surface area contributed by atoms with Gasteiger partial charge in [-0.1, -0.05) is 6.07 Å². The van der Waals surface area contributed by atoms with Gasteiger partial charge in [0.1, 0.15) is 7.05 Å². The monoisotopic (exact) mass is 224 g/mol. The van der Waals surface area contributed by atoms with Gasteiger partial charge in [0.25, 0.3) is 0 Å². The number of nitrogen functional groups attached to an aromatic ring is 2. The zero-order valence-corrected chi connectivity index (χ0v) is 9.64. The zero-order valence-electron chi connectivity index (χ0n) is 9.64. The first-order chi connectivity index (χ1) is 8.15. The SMILES string of the molecule is C[n+]1cc2cc(N)ccc2c2ccc(N)cc21. The molecule has 0 aliphatic heterocycles. The van der Waals surface area contributed by atoms with Crippen LogP contribution in [0.1, 0.15) is 0 Å². The van der Waals surface area contributed by atoms with Crippen molar-refractivity contribution in [2.75, 3.05) is 11.5 Å². The van der Waals surface area contributed by atoms with E-state index in [1.807, 2.05) is 31.3 Å². The predicted molar refractivity (Wildman–Crippen MR) is 71.5 cm³/mol. The third-order valence-electron chi connectivity index (χ3n) is 3.10. The van der Waals surface area contributed by atoms with Crippen molar-refractivity contribution in [3.8, 4) is 0 Å². The summed E-state index contributed by atoms with van der Waals surface area (Å²) in [4.78, 5) is 0. The number of benzene rings is 2. The Labute approximate surface area is 99.3 Å². The Bertz CT molecular complexity index is 732. The molecule has 0 fully saturated rings. The maximum absolute atomic E-state index is 5.83. The second kappa shape index (κ2) is 3.35. The van der Waals surface area contributed by atoms with E-state index in [4.69, 9.17) is 11.5 Å². The summed E-state index contributed by atoms with van der Waals surface area (Å²) in [6.45, 7) is 0. The molecule has 3 aromatic rings. The first-order valence-corrected chi connectivity index (χ1v) is 5.52. The van der Waals surface area contributed by atoms with Crippen LogP contribution in [0.15, 0.2) is 42.6 Å². The molecule has 3 heteroatoms. The number of aromatic nitrogens is 1. The van der Waals surface area contributed by atoms with Gasteiger partial charge in [0, 0.05) is 28.2 Å². The van der Waals surface area contributed by atoms with Gasteiger partial charge in [-0.05, 0) is 24.3 Å². The fourth-order valence-corrected chi connectivity index (χ4v) is 2.28. The molecule has 1 aromatic heterocycles. The largest absolute Gasteiger partial charge is 0.399 e. The fraction of sp³-hybridized carbons (Fsp3) is 0.0714. The van der Waals surface area contributed by atoms with Gasteiger partial charge in [-0.3, -0.25) is 0 Å². The molecule has 4 N–H and O–H groups in total. The first-order valence-electron chi connectivity index (χ1n) is 5.52. The average molecular weight is 224 g/mol. The van der Waals surface area contributed by atoms with Crippen LogP contribution in [-0.2, 0) is 7.05 Å². The molecule has 0 atom stereocenters. The highest BCUT2D eigenvalue weighted by molar-refractivity contribution is 6.05. The number of hydrogen-bond donors (Lipinski definition) is 2. The van der Waals surface area contributed by atoms with E-state index in [1.165, 1.54) is 10.8 Å². The molecule has 0 aliphatic rings. The van der Waals surface area contributed by atoms with Gasteiger partial charge >= 0.3 is 0 Å². The number of rotatable bonds is 0. The van der Waals surface area contributed by atoms with Gasteiger partial charge in [0.05, 0.1) is 5.39 Å². The summed E-state index contributed by atoms with van der Waals surface area (Å²) in [5, 5.41) is 3.54. The molecule has 0 spiro atoms. The second-order valence-corrected chi connectivity index (χ2v) is 4.36. The highest BCUT2D eigenvalue weighted by Gasteiger charge is 2.10. The van der Waals surface area contributed by atoms with Crippen LogP contribution >= 0.6 is 0 Å². The van der Waals surface area contributed by atoms with Crippen molar-refractivity contribution in [1.29, 1.82) is 0 Å². The molecule has 0 radical (unpaired) electrons. The molecule has 17 heavy (non-hydrogen) atoms. The molecule has 3 nitrogen and oxygen atoms in total. The Morgan fingerprint density at radius 1 is 0.882 bits per heavy atom. The van der Waals surface area contributed by atoms with Gasteiger partial charge in [-0.15, -0.1) is 0 Å². The van der Waals surface area contributed by atoms with E-state index in [-0.39, 0.29) is 0 Å². The molecule has 0 unspecified atom stereocenters. The topological polar surface area (TPSA) is 55.9 Å². The third-order valence-corrected chi connectivity index (χ3v) is 3.10. The minimum Gasteiger partial charge on any atom is -0.399 e. The summed E-state index contributed by atoms with van der Waals surface area (Å²) < 4.78 is 2.08. The predicted octanol–water partition coefficient (Wildman–Crippen LogP) is 1.98. The highest BCUT2D eigenvalue weighted by Crippen LogP contribution is 2.25. The van der Waals surface area contributed by atoms with Gasteiger partial charge < -0.3 is 11.5 Å². The molecular weight excluding hydrogens is 210 g/mol. The standard InChI is InChI=1S/C14H13N3/c1-17-8-9-6-10(15)2-4-12(9)13-5-3-11(16)7-14(13)17/h2-8,16H,15H2,1H3/p+1. The molecule has 3 rings (SSSR count). The fourth-order valence-electron chi connectivity index (χ4n) is 2.28. The smallest absolute Gasteiger partial charge is 0.214 e. The Hall–Kier alpha value is -2.29. The van der Waals surface area contributed by atoms with E-state index in [0.29, 0.717) is 0 Å². The normalized spacial score (nSPS) is 11.1. The molecule has 0 amide bonds. The molecule has 0 aliphatic carbocycles. The van der Waals surface area contributed by atoms with Crippen LogP contribution in [0, 0.1) is 0 Å². The Kier molecular flexibility index (Phi) is 1.95. The number of hydrogen-bond acceptors (Lipinski definition) is 2. The van der Waals surface area contributed by atoms with E-state index in [9.17, 15) is 0 Å². The van der Waals surface area contributed by atoms with E-state index in [1.54, 1.807) is 0 Å². The lowest BCUT2D eigenvalue weighted by atomic mass is 10.1. The summed E-state index contributed by atoms with van der Waals surface area (Å²) >= 11 is 0. The highest BCUT2D eigenvalue weighted by atomic mass is 14.9. The van der Waals surface area contributed by atoms with E-state index >= 15 is 0 Å². The minimum atomic E-state index is 0.780. The van der Waals surface area contributed by atoms with Crippen molar-refractivity contribution in [1.82, 2.24) is 0 Å². The maximum Gasteiger partial charge on any atom is 0.214 e. The number of nitrogens with two attached hydrogens (primary N) is 2. The molecule has 84 valence electrons. The van der Waals surface area contributed by atoms with E-state index in [2.05, 4.69) is 22.9 Å². The lowest BCUT2D eigenvalue weighted by Crippen LogP contribution is -2.28. The van der Waals surface area contributed by atoms with Crippen LogP contribution in [0.25, 0.3) is 21.7 Å². The van der Waals surface area contributed by atoms with Crippen molar-refractivity contribution in [2.24, 2.45) is 7.05 Å². The Morgan fingerprint density at radius 2 is 1.53 bits per heavy atom. The number of nitrogens with zero attached hydrogens (tertiary/aromatic N) is 1. The maximum atomic E-state index is 5.83. The number of aryl methyl sites for hydroxylation is 1. The van der Waals surface area contributed by atoms with Crippen LogP contribution in [0.3, 0.4) is 0 Å². The van der Waals surface area contributed by atoms with Crippen molar-refractivity contribution in [2.45, 2.75) is 0 Å². The van der Waals surface area contributed by atoms with Gasteiger partial charge in [0.2, 0.25) is 5.52 Å². The second-order valence-electron chi connectivity index (χ2n) is 4.36. The van der Waals surface area contributed by atoms with E-state index in [0.717, 1.165) is 22.3 Å². The summed E-state index contributed by atoms with van der Waals surface area (Å²) in [7, 11) is 2.02. The Balaban J connectivity index is 2.55. The Morgan fingerprint density at radius 3 is 2.29 bits per heavy atom. The van der Waals surface area contributed by atoms with Crippen molar-refractivity contribution < 1.29 is 4.57 Å². The van der Waals surface area contributed by atoms with Gasteiger partial charge in [-0.2, -0.15) is 0 Å². The number of fused-ring (bicyclic) bond motifs is 3. The average Bonchev–Trinajstić information content (AvgIpc) is 2.29. The van der Waals surface area contributed by atoms with E-state index < -0.39 is 0 Å². The van der Waals surface area contributed by atoms with Crippen molar-refractivity contribution >= 4 is 33.1 Å². The molecule has 1 heterocycles. The lowest BCUT2D eigenvalue weighted by Gasteiger charge is -2.04. The van der Waals surface area contributed by atoms with Crippen LogP contribution in [0.4, 0.5) is 11.4 Å². The first kappa shape index (κ1) is 9.90. The minimum absolute atomic E-state index is 0.780. The lowest BCUT2D eigenvalue weighted by molar-refractivity contribution is -0.643.